The largest absolute Gasteiger partial charge is 0.481 e. The molecule has 0 aliphatic carbocycles. The number of carboxylic acids is 4. The van der Waals surface area contributed by atoms with Crippen LogP contribution in [0.25, 0.3) is 0 Å². The van der Waals surface area contributed by atoms with Crippen LogP contribution in [0.3, 0.4) is 0 Å². The number of rotatable bonds is 25. The van der Waals surface area contributed by atoms with Gasteiger partial charge in [0.2, 0.25) is 35.4 Å². The van der Waals surface area contributed by atoms with Crippen molar-refractivity contribution in [1.82, 2.24) is 31.9 Å². The minimum atomic E-state index is -2.32. The number of hydrogen-bond donors (Lipinski definition) is 13. The summed E-state index contributed by atoms with van der Waals surface area (Å²) >= 11 is 3.99. The Kier molecular flexibility index (Phi) is 21.0. The lowest BCUT2D eigenvalue weighted by molar-refractivity contribution is -0.147. The second-order valence-electron chi connectivity index (χ2n) is 10.7. The van der Waals surface area contributed by atoms with Crippen molar-refractivity contribution in [3.8, 4) is 0 Å². The van der Waals surface area contributed by atoms with Gasteiger partial charge in [-0.3, -0.25) is 33.6 Å². The van der Waals surface area contributed by atoms with Crippen molar-refractivity contribution >= 4 is 71.9 Å². The van der Waals surface area contributed by atoms with Crippen LogP contribution in [0.2, 0.25) is 0 Å². The van der Waals surface area contributed by atoms with Crippen molar-refractivity contribution in [1.29, 1.82) is 0 Å². The van der Waals surface area contributed by atoms with Crippen LogP contribution in [0, 0.1) is 0 Å². The number of carbonyl (C=O) groups is 10. The number of hydrogen-bond acceptors (Lipinski definition) is 13. The van der Waals surface area contributed by atoms with E-state index in [4.69, 9.17) is 5.11 Å². The van der Waals surface area contributed by atoms with Gasteiger partial charge in [0, 0.05) is 25.6 Å². The summed E-state index contributed by atoms with van der Waals surface area (Å²) in [6.07, 6.45) is -5.36. The molecule has 0 aromatic heterocycles. The van der Waals surface area contributed by atoms with Crippen LogP contribution in [0.1, 0.15) is 58.3 Å². The van der Waals surface area contributed by atoms with Crippen LogP contribution in [-0.4, -0.2) is 139 Å². The minimum absolute atomic E-state index is 0.0796. The molecule has 50 heavy (non-hydrogen) atoms. The summed E-state index contributed by atoms with van der Waals surface area (Å²) in [4.78, 5) is 118. The first kappa shape index (κ1) is 45.0. The molecule has 0 aliphatic heterocycles. The van der Waals surface area contributed by atoms with Crippen LogP contribution in [-0.2, 0) is 47.9 Å². The second-order valence-corrected chi connectivity index (χ2v) is 11.1. The van der Waals surface area contributed by atoms with Crippen LogP contribution >= 0.6 is 12.6 Å². The van der Waals surface area contributed by atoms with Gasteiger partial charge in [-0.2, -0.15) is 12.6 Å². The zero-order chi connectivity index (χ0) is 38.6. The van der Waals surface area contributed by atoms with E-state index in [1.165, 1.54) is 6.92 Å². The summed E-state index contributed by atoms with van der Waals surface area (Å²) < 4.78 is 0. The summed E-state index contributed by atoms with van der Waals surface area (Å²) in [5.41, 5.74) is 0. The molecule has 0 fully saturated rings. The van der Waals surface area contributed by atoms with Crippen molar-refractivity contribution in [2.45, 2.75) is 94.8 Å². The highest BCUT2D eigenvalue weighted by Gasteiger charge is 2.31. The number of unbranched alkanes of at least 4 members (excludes halogenated alkanes) is 2. The van der Waals surface area contributed by atoms with Gasteiger partial charge in [-0.25, -0.2) is 14.4 Å². The molecule has 5 unspecified atom stereocenters. The average molecular weight is 739 g/mol. The van der Waals surface area contributed by atoms with Gasteiger partial charge in [0.05, 0.1) is 31.7 Å². The average Bonchev–Trinajstić information content (AvgIpc) is 2.99. The van der Waals surface area contributed by atoms with Gasteiger partial charge in [0.15, 0.2) is 6.29 Å². The van der Waals surface area contributed by atoms with Gasteiger partial charge < -0.3 is 62.5 Å². The fourth-order valence-electron chi connectivity index (χ4n) is 3.98. The Hall–Kier alpha value is -5.03. The number of carbonyl (C=O) groups excluding carboxylic acids is 6. The maximum atomic E-state index is 12.4. The molecule has 282 valence electrons. The van der Waals surface area contributed by atoms with E-state index in [2.05, 4.69) is 28.6 Å². The zero-order valence-corrected chi connectivity index (χ0v) is 27.6. The first-order valence-electron chi connectivity index (χ1n) is 14.9. The van der Waals surface area contributed by atoms with E-state index < -0.39 is 122 Å². The molecule has 0 bridgehead atoms. The number of thiol groups is 1. The van der Waals surface area contributed by atoms with Crippen molar-refractivity contribution < 1.29 is 78.6 Å². The maximum absolute atomic E-state index is 12.4. The molecule has 6 amide bonds. The van der Waals surface area contributed by atoms with Gasteiger partial charge in [0.25, 0.3) is 0 Å². The summed E-state index contributed by atoms with van der Waals surface area (Å²) in [6, 6.07) is -8.35. The van der Waals surface area contributed by atoms with E-state index in [1.54, 1.807) is 0 Å². The SMILES string of the molecule is CC(=O)NC(CS)C(=O)NCCCCCC(=O)NC(CC(=O)NC(CC(=O)NC(CC(=O)NC(CC(=O)O)C(O)O)C(=O)O)C(=O)O)C(=O)O. The Morgan fingerprint density at radius 1 is 0.560 bits per heavy atom. The number of nitrogens with one attached hydrogen (secondary N) is 6. The van der Waals surface area contributed by atoms with Crippen molar-refractivity contribution in [3.05, 3.63) is 0 Å². The normalized spacial score (nSPS) is 13.7. The second kappa shape index (κ2) is 23.3. The van der Waals surface area contributed by atoms with Gasteiger partial charge in [0.1, 0.15) is 24.2 Å². The maximum Gasteiger partial charge on any atom is 0.326 e. The highest BCUT2D eigenvalue weighted by molar-refractivity contribution is 7.80. The highest BCUT2D eigenvalue weighted by atomic mass is 32.1. The standard InChI is InChI=1S/C27H42N6O16S/c1-12(34)29-17(11-50)23(41)28-6-4-2-3-5-18(35)30-13(24(42)43)7-19(36)31-14(25(44)45)8-20(37)32-15(26(46)47)9-21(38)33-16(27(48)49)10-22(39)40/h13-17,27,48-50H,2-11H2,1H3,(H,28,41)(H,29,34)(H,30,35)(H,31,36)(H,32,37)(H,33,38)(H,39,40)(H,42,43)(H,44,45)(H,46,47). The third kappa shape index (κ3) is 19.7. The topological polar surface area (TPSA) is 364 Å². The summed E-state index contributed by atoms with van der Waals surface area (Å²) in [5.74, 6) is -12.0. The van der Waals surface area contributed by atoms with E-state index in [1.807, 2.05) is 16.0 Å². The summed E-state index contributed by atoms with van der Waals surface area (Å²) in [7, 11) is 0. The molecule has 0 aliphatic rings. The number of amides is 6. The molecule has 0 aromatic carbocycles. The van der Waals surface area contributed by atoms with Gasteiger partial charge in [-0.15, -0.1) is 0 Å². The van der Waals surface area contributed by atoms with Gasteiger partial charge in [-0.05, 0) is 12.8 Å². The lowest BCUT2D eigenvalue weighted by atomic mass is 10.1. The lowest BCUT2D eigenvalue weighted by Crippen LogP contribution is -2.51. The van der Waals surface area contributed by atoms with E-state index in [0.717, 1.165) is 0 Å². The van der Waals surface area contributed by atoms with E-state index in [9.17, 15) is 73.5 Å². The molecule has 0 saturated carbocycles. The highest BCUT2D eigenvalue weighted by Crippen LogP contribution is 2.05. The zero-order valence-electron chi connectivity index (χ0n) is 26.7. The Bertz CT molecular complexity index is 1260. The molecular weight excluding hydrogens is 696 g/mol. The summed E-state index contributed by atoms with van der Waals surface area (Å²) in [6.45, 7) is 1.47. The molecule has 5 atom stereocenters. The quantitative estimate of drug-likeness (QED) is 0.0237. The minimum Gasteiger partial charge on any atom is -0.481 e. The lowest BCUT2D eigenvalue weighted by Gasteiger charge is -2.21. The Balaban J connectivity index is 4.97. The Labute approximate surface area is 289 Å². The van der Waals surface area contributed by atoms with Crippen LogP contribution in [0.15, 0.2) is 0 Å². The smallest absolute Gasteiger partial charge is 0.326 e. The molecule has 0 rings (SSSR count). The summed E-state index contributed by atoms with van der Waals surface area (Å²) in [5, 5.41) is 68.1. The third-order valence-corrected chi connectivity index (χ3v) is 6.79. The van der Waals surface area contributed by atoms with Gasteiger partial charge in [-0.1, -0.05) is 6.42 Å². The van der Waals surface area contributed by atoms with Gasteiger partial charge >= 0.3 is 23.9 Å². The molecular formula is C27H42N6O16S. The molecule has 22 nitrogen and oxygen atoms in total. The van der Waals surface area contributed by atoms with Crippen LogP contribution in [0.5, 0.6) is 0 Å². The van der Waals surface area contributed by atoms with E-state index >= 15 is 0 Å². The van der Waals surface area contributed by atoms with Crippen molar-refractivity contribution in [2.24, 2.45) is 0 Å². The molecule has 0 saturated heterocycles. The molecule has 0 aromatic rings. The molecule has 0 radical (unpaired) electrons. The molecule has 23 heteroatoms. The van der Waals surface area contributed by atoms with Crippen LogP contribution in [0.4, 0.5) is 0 Å². The van der Waals surface area contributed by atoms with Crippen molar-refractivity contribution in [2.75, 3.05) is 12.3 Å². The van der Waals surface area contributed by atoms with Crippen molar-refractivity contribution in [3.63, 3.8) is 0 Å². The van der Waals surface area contributed by atoms with Crippen LogP contribution < -0.4 is 31.9 Å². The number of aliphatic carboxylic acids is 4. The predicted molar refractivity (Wildman–Crippen MR) is 168 cm³/mol. The number of aliphatic hydroxyl groups excluding tert-OH is 1. The predicted octanol–water partition coefficient (Wildman–Crippen LogP) is -4.75. The fourth-order valence-corrected chi connectivity index (χ4v) is 4.23. The molecule has 0 spiro atoms. The monoisotopic (exact) mass is 738 g/mol. The Morgan fingerprint density at radius 3 is 1.38 bits per heavy atom. The Morgan fingerprint density at radius 2 is 1.00 bits per heavy atom. The molecule has 0 heterocycles. The fraction of sp³-hybridized carbons (Fsp3) is 0.630. The number of carboxylic acid groups (broad SMARTS) is 4. The first-order valence-corrected chi connectivity index (χ1v) is 15.5. The number of aliphatic hydroxyl groups is 2. The first-order chi connectivity index (χ1) is 23.3. The molecule has 12 N–H and O–H groups in total. The van der Waals surface area contributed by atoms with E-state index in [0.29, 0.717) is 12.8 Å². The van der Waals surface area contributed by atoms with E-state index in [-0.39, 0.29) is 25.1 Å². The third-order valence-electron chi connectivity index (χ3n) is 6.43.